The lowest BCUT2D eigenvalue weighted by atomic mass is 9.56. The van der Waals surface area contributed by atoms with Gasteiger partial charge >= 0.3 is 0 Å². The number of hydrogen-bond acceptors (Lipinski definition) is 10. The highest BCUT2D eigenvalue weighted by molar-refractivity contribution is 6.17. The topological polar surface area (TPSA) is 177 Å². The Balaban J connectivity index is 1.60. The molecule has 2 aromatic rings. The fourth-order valence-corrected chi connectivity index (χ4v) is 7.41. The molecule has 6 atom stereocenters. The summed E-state index contributed by atoms with van der Waals surface area (Å²) in [5, 5.41) is 49.2. The highest BCUT2D eigenvalue weighted by Crippen LogP contribution is 2.54. The number of carbonyl (C=O) groups excluding carboxylic acids is 3. The lowest BCUT2D eigenvalue weighted by molar-refractivity contribution is -0.178. The summed E-state index contributed by atoms with van der Waals surface area (Å²) < 4.78 is 0. The summed E-state index contributed by atoms with van der Waals surface area (Å²) in [7, 11) is 6.93. The number of phenols is 1. The molecule has 236 valence electrons. The van der Waals surface area contributed by atoms with Crippen molar-refractivity contribution in [3.05, 3.63) is 63.9 Å². The third-order valence-electron chi connectivity index (χ3n) is 9.68. The SMILES string of the molecule is CC(C)c1ccc(CNc2cc(N(C)C)c3c(c2O)C(=O)C2=C(O)[C@]4(O)C(=O)C(C(N)=O)C(O)[C@@H](N(C)C)[C@@H]4C[C@@H]2C3)cc1. The van der Waals surface area contributed by atoms with Gasteiger partial charge in [0.1, 0.15) is 17.4 Å². The van der Waals surface area contributed by atoms with E-state index in [2.05, 4.69) is 31.3 Å². The molecule has 7 N–H and O–H groups in total. The van der Waals surface area contributed by atoms with E-state index in [-0.39, 0.29) is 29.7 Å². The number of nitrogens with zero attached hydrogens (tertiary/aromatic N) is 2. The van der Waals surface area contributed by atoms with Gasteiger partial charge in [0.15, 0.2) is 17.2 Å². The molecule has 2 aromatic carbocycles. The van der Waals surface area contributed by atoms with Crippen molar-refractivity contribution in [3.63, 3.8) is 0 Å². The number of Topliss-reactive ketones (excluding diaryl/α,β-unsaturated/α-hetero) is 2. The van der Waals surface area contributed by atoms with Gasteiger partial charge in [-0.15, -0.1) is 0 Å². The standard InChI is InChI=1S/C33H42N4O7/c1-15(2)17-9-7-16(8-10-17)14-35-21-13-22(36(3)4)19-11-18-12-20-26(37(5)6)29(40)25(32(34)43)31(42)33(20,44)30(41)23(18)28(39)24(19)27(21)38/h7-10,13,15,18,20,25-26,29,35,38,40-41,44H,11-12,14H2,1-6H3,(H2,34,43)/t18-,20-,25?,26-,29?,33-/m0/s1. The van der Waals surface area contributed by atoms with E-state index in [1.54, 1.807) is 25.1 Å². The number of aliphatic hydroxyl groups excluding tert-OH is 2. The minimum atomic E-state index is -2.62. The molecule has 3 aliphatic carbocycles. The first-order valence-electron chi connectivity index (χ1n) is 14.9. The van der Waals surface area contributed by atoms with Gasteiger partial charge in [-0.2, -0.15) is 0 Å². The number of nitrogens with one attached hydrogen (secondary N) is 1. The van der Waals surface area contributed by atoms with Gasteiger partial charge in [0, 0.05) is 43.9 Å². The van der Waals surface area contributed by atoms with Crippen LogP contribution in [-0.2, 0) is 22.6 Å². The lowest BCUT2D eigenvalue weighted by Gasteiger charge is -2.53. The van der Waals surface area contributed by atoms with Crippen molar-refractivity contribution in [2.75, 3.05) is 38.4 Å². The zero-order chi connectivity index (χ0) is 32.4. The summed E-state index contributed by atoms with van der Waals surface area (Å²) in [6, 6.07) is 8.97. The Labute approximate surface area is 257 Å². The van der Waals surface area contributed by atoms with Crippen LogP contribution in [-0.4, -0.2) is 88.7 Å². The Bertz CT molecular complexity index is 1550. The number of allylic oxidation sites excluding steroid dienone is 1. The van der Waals surface area contributed by atoms with Crippen LogP contribution >= 0.6 is 0 Å². The molecule has 0 bridgehead atoms. The minimum absolute atomic E-state index is 0.0207. The summed E-state index contributed by atoms with van der Waals surface area (Å²) in [5.41, 5.74) is 6.42. The molecule has 0 aliphatic heterocycles. The fourth-order valence-electron chi connectivity index (χ4n) is 7.41. The number of carbonyl (C=O) groups is 3. The van der Waals surface area contributed by atoms with Crippen LogP contribution in [0.25, 0.3) is 0 Å². The Morgan fingerprint density at radius 1 is 1.11 bits per heavy atom. The Morgan fingerprint density at radius 3 is 2.30 bits per heavy atom. The number of rotatable bonds is 7. The van der Waals surface area contributed by atoms with E-state index in [1.165, 1.54) is 5.56 Å². The maximum absolute atomic E-state index is 14.2. The molecule has 2 unspecified atom stereocenters. The van der Waals surface area contributed by atoms with Gasteiger partial charge in [-0.05, 0) is 61.5 Å². The first-order chi connectivity index (χ1) is 20.6. The minimum Gasteiger partial charge on any atom is -0.508 e. The van der Waals surface area contributed by atoms with Crippen LogP contribution in [0.1, 0.15) is 53.2 Å². The highest BCUT2D eigenvalue weighted by atomic mass is 16.3. The normalized spacial score (nSPS) is 28.1. The van der Waals surface area contributed by atoms with Gasteiger partial charge in [0.05, 0.1) is 17.4 Å². The van der Waals surface area contributed by atoms with Crippen LogP contribution in [0.2, 0.25) is 0 Å². The number of aromatic hydroxyl groups is 1. The van der Waals surface area contributed by atoms with Crippen molar-refractivity contribution >= 4 is 28.8 Å². The van der Waals surface area contributed by atoms with E-state index >= 15 is 0 Å². The van der Waals surface area contributed by atoms with Gasteiger partial charge in [0.25, 0.3) is 0 Å². The number of fused-ring (bicyclic) bond motifs is 3. The molecule has 3 aliphatic rings. The first-order valence-corrected chi connectivity index (χ1v) is 14.9. The second kappa shape index (κ2) is 11.2. The predicted octanol–water partition coefficient (Wildman–Crippen LogP) is 2.09. The number of ketones is 2. The van der Waals surface area contributed by atoms with Crippen molar-refractivity contribution < 1.29 is 34.8 Å². The smallest absolute Gasteiger partial charge is 0.230 e. The van der Waals surface area contributed by atoms with Gasteiger partial charge in [-0.1, -0.05) is 38.1 Å². The number of likely N-dealkylation sites (N-methyl/N-ethyl adjacent to an activating group) is 1. The fraction of sp³-hybridized carbons (Fsp3) is 0.485. The van der Waals surface area contributed by atoms with Crippen LogP contribution in [0.5, 0.6) is 5.75 Å². The van der Waals surface area contributed by atoms with Crippen LogP contribution < -0.4 is 16.0 Å². The lowest BCUT2D eigenvalue weighted by Crippen LogP contribution is -2.71. The molecule has 0 radical (unpaired) electrons. The molecule has 0 spiro atoms. The number of amides is 1. The molecule has 0 aromatic heterocycles. The number of benzene rings is 2. The average Bonchev–Trinajstić information content (AvgIpc) is 2.94. The van der Waals surface area contributed by atoms with Crippen LogP contribution in [0.4, 0.5) is 11.4 Å². The Morgan fingerprint density at radius 2 is 1.75 bits per heavy atom. The molecule has 1 amide bonds. The van der Waals surface area contributed by atoms with E-state index in [0.29, 0.717) is 29.4 Å². The van der Waals surface area contributed by atoms with Crippen molar-refractivity contribution in [1.29, 1.82) is 0 Å². The number of primary amides is 1. The Hall–Kier alpha value is -3.93. The molecular formula is C33H42N4O7. The molecular weight excluding hydrogens is 564 g/mol. The molecule has 5 rings (SSSR count). The third-order valence-corrected chi connectivity index (χ3v) is 9.68. The van der Waals surface area contributed by atoms with Gasteiger partial charge in [0.2, 0.25) is 5.91 Å². The van der Waals surface area contributed by atoms with Crippen LogP contribution in [0.3, 0.4) is 0 Å². The molecule has 44 heavy (non-hydrogen) atoms. The predicted molar refractivity (Wildman–Crippen MR) is 166 cm³/mol. The average molecular weight is 607 g/mol. The zero-order valence-corrected chi connectivity index (χ0v) is 26.0. The van der Waals surface area contributed by atoms with Crippen molar-refractivity contribution in [2.24, 2.45) is 23.5 Å². The number of anilines is 2. The van der Waals surface area contributed by atoms with Crippen molar-refractivity contribution in [3.8, 4) is 5.75 Å². The van der Waals surface area contributed by atoms with E-state index in [1.807, 2.05) is 31.1 Å². The van der Waals surface area contributed by atoms with Gasteiger partial charge < -0.3 is 41.3 Å². The number of aliphatic hydroxyl groups is 3. The third kappa shape index (κ3) is 4.74. The molecule has 0 saturated heterocycles. The second-order valence-corrected chi connectivity index (χ2v) is 13.1. The van der Waals surface area contributed by atoms with E-state index < -0.39 is 58.7 Å². The second-order valence-electron chi connectivity index (χ2n) is 13.1. The molecule has 1 saturated carbocycles. The molecule has 1 fully saturated rings. The monoisotopic (exact) mass is 606 g/mol. The number of nitrogens with two attached hydrogens (primary N) is 1. The summed E-state index contributed by atoms with van der Waals surface area (Å²) in [4.78, 5) is 43.5. The largest absolute Gasteiger partial charge is 0.508 e. The van der Waals surface area contributed by atoms with Crippen LogP contribution in [0, 0.1) is 17.8 Å². The summed E-state index contributed by atoms with van der Waals surface area (Å²) in [5.74, 6) is -7.17. The summed E-state index contributed by atoms with van der Waals surface area (Å²) >= 11 is 0. The maximum Gasteiger partial charge on any atom is 0.230 e. The van der Waals surface area contributed by atoms with Crippen molar-refractivity contribution in [1.82, 2.24) is 4.90 Å². The Kier molecular flexibility index (Phi) is 8.02. The van der Waals surface area contributed by atoms with Gasteiger partial charge in [-0.25, -0.2) is 0 Å². The number of phenolic OH excluding ortho intramolecular Hbond substituents is 1. The zero-order valence-electron chi connectivity index (χ0n) is 26.0. The van der Waals surface area contributed by atoms with E-state index in [0.717, 1.165) is 5.56 Å². The highest BCUT2D eigenvalue weighted by Gasteiger charge is 2.66. The molecule has 11 heteroatoms. The molecule has 0 heterocycles. The van der Waals surface area contributed by atoms with E-state index in [9.17, 15) is 34.8 Å². The van der Waals surface area contributed by atoms with Crippen LogP contribution in [0.15, 0.2) is 41.7 Å². The molecule has 11 nitrogen and oxygen atoms in total. The maximum atomic E-state index is 14.2. The van der Waals surface area contributed by atoms with Gasteiger partial charge in [-0.3, -0.25) is 14.4 Å². The number of hydrogen-bond donors (Lipinski definition) is 6. The summed E-state index contributed by atoms with van der Waals surface area (Å²) in [6.45, 7) is 4.61. The quantitative estimate of drug-likeness (QED) is 0.202. The van der Waals surface area contributed by atoms with E-state index in [4.69, 9.17) is 5.73 Å². The first kappa shape index (κ1) is 31.5. The van der Waals surface area contributed by atoms with Crippen molar-refractivity contribution in [2.45, 2.75) is 56.9 Å². The summed E-state index contributed by atoms with van der Waals surface area (Å²) in [6.07, 6.45) is -1.22.